The molecule has 2 atom stereocenters. The number of halogens is 1. The molecule has 0 amide bonds. The van der Waals surface area contributed by atoms with Gasteiger partial charge >= 0.3 is 5.97 Å². The minimum atomic E-state index is -0.837. The second-order valence-corrected chi connectivity index (χ2v) is 7.16. The average molecular weight is 387 g/mol. The summed E-state index contributed by atoms with van der Waals surface area (Å²) in [5.74, 6) is 1.20. The van der Waals surface area contributed by atoms with Crippen molar-refractivity contribution in [2.24, 2.45) is 5.92 Å². The summed E-state index contributed by atoms with van der Waals surface area (Å²) in [4.78, 5) is 13.0. The Morgan fingerprint density at radius 3 is 2.75 bits per heavy atom. The molecular weight excluding hydrogens is 365 g/mol. The predicted octanol–water partition coefficient (Wildman–Crippen LogP) is 3.12. The van der Waals surface area contributed by atoms with E-state index in [-0.39, 0.29) is 31.0 Å². The number of carboxylic acid groups (broad SMARTS) is 1. The van der Waals surface area contributed by atoms with E-state index in [4.69, 9.17) is 19.3 Å². The Kier molecular flexibility index (Phi) is 5.34. The highest BCUT2D eigenvalue weighted by Crippen LogP contribution is 2.37. The second-order valence-electron chi connectivity index (χ2n) is 7.16. The van der Waals surface area contributed by atoms with Gasteiger partial charge in [0, 0.05) is 18.5 Å². The van der Waals surface area contributed by atoms with Gasteiger partial charge in [-0.15, -0.1) is 0 Å². The summed E-state index contributed by atoms with van der Waals surface area (Å²) in [7, 11) is 0. The first-order valence-corrected chi connectivity index (χ1v) is 9.30. The van der Waals surface area contributed by atoms with Crippen molar-refractivity contribution in [3.8, 4) is 17.2 Å². The fourth-order valence-electron chi connectivity index (χ4n) is 3.93. The molecule has 0 radical (unpaired) electrons. The Morgan fingerprint density at radius 1 is 1.18 bits per heavy atom. The molecule has 0 bridgehead atoms. The van der Waals surface area contributed by atoms with Crippen LogP contribution in [0.3, 0.4) is 0 Å². The molecule has 1 fully saturated rings. The van der Waals surface area contributed by atoms with Crippen molar-refractivity contribution in [2.45, 2.75) is 12.3 Å². The van der Waals surface area contributed by atoms with Gasteiger partial charge < -0.3 is 19.3 Å². The molecule has 1 N–H and O–H groups in total. The lowest BCUT2D eigenvalue weighted by molar-refractivity contribution is -0.138. The third-order valence-corrected chi connectivity index (χ3v) is 5.28. The molecule has 28 heavy (non-hydrogen) atoms. The highest BCUT2D eigenvalue weighted by molar-refractivity contribution is 5.69. The van der Waals surface area contributed by atoms with Crippen LogP contribution in [-0.4, -0.2) is 49.0 Å². The third-order valence-electron chi connectivity index (χ3n) is 5.28. The van der Waals surface area contributed by atoms with Crippen LogP contribution < -0.4 is 14.2 Å². The van der Waals surface area contributed by atoms with Crippen molar-refractivity contribution in [2.75, 3.05) is 33.0 Å². The van der Waals surface area contributed by atoms with Gasteiger partial charge in [0.2, 0.25) is 6.79 Å². The Labute approximate surface area is 162 Å². The lowest BCUT2D eigenvalue weighted by Gasteiger charge is -2.38. The van der Waals surface area contributed by atoms with E-state index in [2.05, 4.69) is 0 Å². The highest BCUT2D eigenvalue weighted by atomic mass is 19.1. The average Bonchev–Trinajstić information content (AvgIpc) is 3.15. The second kappa shape index (κ2) is 8.06. The Balaban J connectivity index is 1.48. The molecule has 1 saturated heterocycles. The summed E-state index contributed by atoms with van der Waals surface area (Å²) < 4.78 is 30.0. The lowest BCUT2D eigenvalue weighted by atomic mass is 9.81. The number of fused-ring (bicyclic) bond motifs is 1. The Bertz CT molecular complexity index is 841. The summed E-state index contributed by atoms with van der Waals surface area (Å²) >= 11 is 0. The van der Waals surface area contributed by atoms with Gasteiger partial charge in [0.15, 0.2) is 11.5 Å². The molecule has 0 spiro atoms. The molecule has 0 aliphatic carbocycles. The van der Waals surface area contributed by atoms with E-state index in [1.807, 2.05) is 17.0 Å². The fourth-order valence-corrected chi connectivity index (χ4v) is 3.93. The number of aliphatic carboxylic acids is 1. The summed E-state index contributed by atoms with van der Waals surface area (Å²) in [5, 5.41) is 9.12. The molecule has 0 aromatic heterocycles. The molecule has 6 nitrogen and oxygen atoms in total. The summed E-state index contributed by atoms with van der Waals surface area (Å²) in [6.07, 6.45) is 0.800. The number of carbonyl (C=O) groups is 1. The first-order chi connectivity index (χ1) is 13.6. The highest BCUT2D eigenvalue weighted by Gasteiger charge is 2.32. The number of piperidine rings is 1. The standard InChI is InChI=1S/C21H22FNO5/c22-16-3-1-14(2-4-16)18-7-8-23(11-21(24)25)10-15(18)12-26-17-5-6-19-20(9-17)28-13-27-19/h1-6,9,15,18H,7-8,10-13H2,(H,24,25)/t15-,18-/m1/s1. The van der Waals surface area contributed by atoms with Crippen LogP contribution in [0, 0.1) is 11.7 Å². The molecule has 2 aliphatic rings. The number of nitrogens with zero attached hydrogens (tertiary/aromatic N) is 1. The van der Waals surface area contributed by atoms with Gasteiger partial charge in [0.05, 0.1) is 13.2 Å². The number of carboxylic acids is 1. The molecule has 0 unspecified atom stereocenters. The van der Waals surface area contributed by atoms with Crippen LogP contribution in [0.1, 0.15) is 17.9 Å². The third kappa shape index (κ3) is 4.20. The van der Waals surface area contributed by atoms with Gasteiger partial charge in [-0.3, -0.25) is 9.69 Å². The van der Waals surface area contributed by atoms with Crippen LogP contribution >= 0.6 is 0 Å². The zero-order chi connectivity index (χ0) is 19.5. The molecule has 2 aromatic carbocycles. The normalized spacial score (nSPS) is 21.5. The molecule has 4 rings (SSSR count). The summed E-state index contributed by atoms with van der Waals surface area (Å²) in [6, 6.07) is 12.0. The molecule has 2 aliphatic heterocycles. The minimum absolute atomic E-state index is 0.0106. The van der Waals surface area contributed by atoms with Gasteiger partial charge in [-0.2, -0.15) is 0 Å². The number of benzene rings is 2. The summed E-state index contributed by atoms with van der Waals surface area (Å²) in [5.41, 5.74) is 1.05. The quantitative estimate of drug-likeness (QED) is 0.822. The maximum absolute atomic E-state index is 13.3. The van der Waals surface area contributed by atoms with E-state index >= 15 is 0 Å². The first-order valence-electron chi connectivity index (χ1n) is 9.30. The van der Waals surface area contributed by atoms with Crippen molar-refractivity contribution in [1.29, 1.82) is 0 Å². The van der Waals surface area contributed by atoms with Crippen LogP contribution in [0.5, 0.6) is 17.2 Å². The van der Waals surface area contributed by atoms with Crippen LogP contribution in [0.4, 0.5) is 4.39 Å². The number of likely N-dealkylation sites (tertiary alicyclic amines) is 1. The number of ether oxygens (including phenoxy) is 3. The van der Waals surface area contributed by atoms with Crippen LogP contribution in [0.25, 0.3) is 0 Å². The van der Waals surface area contributed by atoms with E-state index in [9.17, 15) is 9.18 Å². The van der Waals surface area contributed by atoms with E-state index < -0.39 is 5.97 Å². The number of hydrogen-bond donors (Lipinski definition) is 1. The number of hydrogen-bond acceptors (Lipinski definition) is 5. The van der Waals surface area contributed by atoms with Gasteiger partial charge in [-0.05, 0) is 48.7 Å². The van der Waals surface area contributed by atoms with E-state index in [0.29, 0.717) is 36.9 Å². The van der Waals surface area contributed by atoms with Crippen LogP contribution in [0.15, 0.2) is 42.5 Å². The van der Waals surface area contributed by atoms with Crippen molar-refractivity contribution >= 4 is 5.97 Å². The fraction of sp³-hybridized carbons (Fsp3) is 0.381. The van der Waals surface area contributed by atoms with E-state index in [0.717, 1.165) is 12.0 Å². The SMILES string of the molecule is O=C(O)CN1CC[C@H](c2ccc(F)cc2)[C@@H](COc2ccc3c(c2)OCO3)C1. The summed E-state index contributed by atoms with van der Waals surface area (Å²) in [6.45, 7) is 1.94. The molecular formula is C21H22FNO5. The largest absolute Gasteiger partial charge is 0.493 e. The molecule has 2 aromatic rings. The smallest absolute Gasteiger partial charge is 0.317 e. The van der Waals surface area contributed by atoms with Crippen LogP contribution in [-0.2, 0) is 4.79 Å². The van der Waals surface area contributed by atoms with Crippen molar-refractivity contribution in [1.82, 2.24) is 4.90 Å². The van der Waals surface area contributed by atoms with E-state index in [1.54, 1.807) is 18.2 Å². The molecule has 0 saturated carbocycles. The zero-order valence-corrected chi connectivity index (χ0v) is 15.3. The molecule has 7 heteroatoms. The molecule has 2 heterocycles. The monoisotopic (exact) mass is 387 g/mol. The maximum Gasteiger partial charge on any atom is 0.317 e. The van der Waals surface area contributed by atoms with Crippen molar-refractivity contribution in [3.05, 3.63) is 53.8 Å². The Hall–Kier alpha value is -2.80. The van der Waals surface area contributed by atoms with E-state index in [1.165, 1.54) is 12.1 Å². The van der Waals surface area contributed by atoms with Crippen LogP contribution in [0.2, 0.25) is 0 Å². The molecule has 148 valence electrons. The van der Waals surface area contributed by atoms with Gasteiger partial charge in [0.1, 0.15) is 11.6 Å². The maximum atomic E-state index is 13.3. The van der Waals surface area contributed by atoms with Crippen molar-refractivity contribution < 1.29 is 28.5 Å². The predicted molar refractivity (Wildman–Crippen MR) is 99.4 cm³/mol. The van der Waals surface area contributed by atoms with Gasteiger partial charge in [-0.1, -0.05) is 12.1 Å². The Morgan fingerprint density at radius 2 is 1.96 bits per heavy atom. The van der Waals surface area contributed by atoms with Gasteiger partial charge in [0.25, 0.3) is 0 Å². The zero-order valence-electron chi connectivity index (χ0n) is 15.3. The first kappa shape index (κ1) is 18.6. The minimum Gasteiger partial charge on any atom is -0.493 e. The number of rotatable bonds is 6. The lowest BCUT2D eigenvalue weighted by Crippen LogP contribution is -2.44. The van der Waals surface area contributed by atoms with Gasteiger partial charge in [-0.25, -0.2) is 4.39 Å². The van der Waals surface area contributed by atoms with Crippen molar-refractivity contribution in [3.63, 3.8) is 0 Å². The topological polar surface area (TPSA) is 68.2 Å².